The first-order valence-corrected chi connectivity index (χ1v) is 26.3. The van der Waals surface area contributed by atoms with Crippen molar-refractivity contribution in [3.63, 3.8) is 0 Å². The molecular weight excluding hydrogens is 887 g/mol. The summed E-state index contributed by atoms with van der Waals surface area (Å²) in [6.45, 7) is 0. The lowest BCUT2D eigenvalue weighted by Gasteiger charge is -2.42. The number of fused-ring (bicyclic) bond motifs is 1. The van der Waals surface area contributed by atoms with Crippen LogP contribution in [-0.2, 0) is 0 Å². The van der Waals surface area contributed by atoms with Gasteiger partial charge < -0.3 is 4.90 Å². The van der Waals surface area contributed by atoms with Gasteiger partial charge in [-0.05, 0) is 151 Å². The second-order valence-corrected chi connectivity index (χ2v) is 21.1. The van der Waals surface area contributed by atoms with Gasteiger partial charge in [-0.1, -0.05) is 224 Å². The first-order chi connectivity index (χ1) is 35.8. The molecule has 0 radical (unpaired) electrons. The van der Waals surface area contributed by atoms with Gasteiger partial charge in [0.25, 0.3) is 0 Å². The van der Waals surface area contributed by atoms with Crippen LogP contribution < -0.4 is 4.90 Å². The van der Waals surface area contributed by atoms with Gasteiger partial charge in [0.2, 0.25) is 0 Å². The Bertz CT molecular complexity index is 3640. The zero-order valence-corrected chi connectivity index (χ0v) is 40.6. The summed E-state index contributed by atoms with van der Waals surface area (Å²) in [5.41, 5.74) is 15.2. The van der Waals surface area contributed by atoms with E-state index in [9.17, 15) is 0 Å². The zero-order valence-electron chi connectivity index (χ0n) is 39.8. The first kappa shape index (κ1) is 44.3. The quantitative estimate of drug-likeness (QED) is 0.118. The van der Waals surface area contributed by atoms with Gasteiger partial charge in [-0.2, -0.15) is 0 Å². The summed E-state index contributed by atoms with van der Waals surface area (Å²) in [6.07, 6.45) is 0. The molecule has 0 saturated carbocycles. The molecule has 72 heavy (non-hydrogen) atoms. The van der Waals surface area contributed by atoms with Crippen LogP contribution in [-0.4, -0.2) is 0 Å². The summed E-state index contributed by atoms with van der Waals surface area (Å²) in [6, 6.07) is 113. The summed E-state index contributed by atoms with van der Waals surface area (Å²) in [7, 11) is -1.90. The van der Waals surface area contributed by atoms with Gasteiger partial charge in [0, 0.05) is 36.6 Å². The Labute approximate surface area is 425 Å². The molecule has 0 aromatic heterocycles. The van der Waals surface area contributed by atoms with Gasteiger partial charge in [0.1, 0.15) is 0 Å². The van der Waals surface area contributed by atoms with Crippen LogP contribution in [0.15, 0.2) is 329 Å². The number of para-hydroxylation sites is 1. The van der Waals surface area contributed by atoms with Crippen molar-refractivity contribution < 1.29 is 0 Å². The second-order valence-electron chi connectivity index (χ2n) is 18.0. The van der Waals surface area contributed by atoms with Crippen LogP contribution >= 0.6 is 10.0 Å². The van der Waals surface area contributed by atoms with E-state index in [4.69, 9.17) is 0 Å². The Morgan fingerprint density at radius 1 is 0.194 bits per heavy atom. The Balaban J connectivity index is 1.04. The maximum atomic E-state index is 2.43. The molecule has 0 atom stereocenters. The van der Waals surface area contributed by atoms with E-state index < -0.39 is 10.0 Å². The molecule has 0 unspecified atom stereocenters. The van der Waals surface area contributed by atoms with E-state index in [0.717, 1.165) is 28.2 Å². The number of nitrogens with zero attached hydrogens (tertiary/aromatic N) is 1. The Hall–Kier alpha value is -8.95. The molecule has 0 spiro atoms. The molecule has 0 N–H and O–H groups in total. The topological polar surface area (TPSA) is 3.24 Å². The monoisotopic (exact) mass is 937 g/mol. The van der Waals surface area contributed by atoms with Crippen molar-refractivity contribution in [3.8, 4) is 55.6 Å². The standard InChI is InChI=1S/C70H51NS/c1-9-26-53(27-10-1)67-65-49-46-57(50-66(65)68(54-28-11-2-12-29-54)70(56-32-15-4-16-33-56)69(67)55-30-13-3-14-31-55)52-44-47-59(48-45-52)71(58-34-17-5-18-35-58)60-36-25-43-64(51-60)72(61-37-19-6-20-38-61,62-39-21-7-22-40-62)63-41-23-8-24-42-63/h1-51H. The largest absolute Gasteiger partial charge is 0.310 e. The molecule has 0 aliphatic heterocycles. The van der Waals surface area contributed by atoms with Crippen molar-refractivity contribution in [1.82, 2.24) is 0 Å². The molecular formula is C70H51NS. The Morgan fingerprint density at radius 2 is 0.528 bits per heavy atom. The number of anilines is 3. The van der Waals surface area contributed by atoms with Gasteiger partial charge in [-0.15, -0.1) is 10.0 Å². The summed E-state index contributed by atoms with van der Waals surface area (Å²) in [4.78, 5) is 7.55. The summed E-state index contributed by atoms with van der Waals surface area (Å²) < 4.78 is 0. The highest BCUT2D eigenvalue weighted by Gasteiger charge is 2.34. The van der Waals surface area contributed by atoms with Gasteiger partial charge >= 0.3 is 0 Å². The van der Waals surface area contributed by atoms with E-state index in [1.165, 1.54) is 74.9 Å². The average Bonchev–Trinajstić information content (AvgIpc) is 3.47. The highest BCUT2D eigenvalue weighted by atomic mass is 32.3. The van der Waals surface area contributed by atoms with Gasteiger partial charge in [0.05, 0.1) is 0 Å². The SMILES string of the molecule is c1ccc(-c2c(-c3ccccc3)c(-c3ccccc3)c3cc(-c4ccc(N(c5ccccc5)c5cccc(S(c6ccccc6)(c6ccccc6)c6ccccc6)c5)cc4)ccc3c2-c2ccccc2)cc1. The smallest absolute Gasteiger partial charge is 0.0472 e. The van der Waals surface area contributed by atoms with E-state index in [2.05, 4.69) is 314 Å². The number of hydrogen-bond donors (Lipinski definition) is 0. The Morgan fingerprint density at radius 3 is 0.972 bits per heavy atom. The van der Waals surface area contributed by atoms with Crippen LogP contribution in [0.25, 0.3) is 66.4 Å². The van der Waals surface area contributed by atoms with Gasteiger partial charge in [-0.25, -0.2) is 0 Å². The van der Waals surface area contributed by atoms with E-state index in [1.54, 1.807) is 0 Å². The van der Waals surface area contributed by atoms with Crippen molar-refractivity contribution in [2.24, 2.45) is 0 Å². The fourth-order valence-electron chi connectivity index (χ4n) is 10.6. The second kappa shape index (κ2) is 19.8. The van der Waals surface area contributed by atoms with Crippen LogP contribution in [0, 0.1) is 0 Å². The van der Waals surface area contributed by atoms with E-state index in [1.807, 2.05) is 0 Å². The normalized spacial score (nSPS) is 11.6. The third-order valence-electron chi connectivity index (χ3n) is 13.8. The predicted molar refractivity (Wildman–Crippen MR) is 306 cm³/mol. The van der Waals surface area contributed by atoms with Gasteiger partial charge in [0.15, 0.2) is 0 Å². The van der Waals surface area contributed by atoms with Crippen molar-refractivity contribution in [2.75, 3.05) is 4.90 Å². The van der Waals surface area contributed by atoms with E-state index in [-0.39, 0.29) is 0 Å². The molecule has 0 amide bonds. The number of hydrogen-bond acceptors (Lipinski definition) is 1. The fourth-order valence-corrected chi connectivity index (χ4v) is 14.5. The molecule has 12 aromatic rings. The molecule has 12 rings (SSSR count). The lowest BCUT2D eigenvalue weighted by atomic mass is 9.78. The zero-order chi connectivity index (χ0) is 48.1. The van der Waals surface area contributed by atoms with Gasteiger partial charge in [-0.3, -0.25) is 0 Å². The lowest BCUT2D eigenvalue weighted by Crippen LogP contribution is -2.11. The molecule has 0 bridgehead atoms. The highest BCUT2D eigenvalue weighted by Crippen LogP contribution is 2.73. The minimum absolute atomic E-state index is 1.08. The fraction of sp³-hybridized carbons (Fsp3) is 0. The van der Waals surface area contributed by atoms with Crippen LogP contribution in [0.5, 0.6) is 0 Å². The molecule has 0 fully saturated rings. The maximum Gasteiger partial charge on any atom is 0.0472 e. The third kappa shape index (κ3) is 8.18. The summed E-state index contributed by atoms with van der Waals surface area (Å²) in [5, 5.41) is 2.43. The minimum Gasteiger partial charge on any atom is -0.310 e. The molecule has 0 saturated heterocycles. The van der Waals surface area contributed by atoms with Crippen LogP contribution in [0.3, 0.4) is 0 Å². The lowest BCUT2D eigenvalue weighted by molar-refractivity contribution is 1.22. The first-order valence-electron chi connectivity index (χ1n) is 24.7. The summed E-state index contributed by atoms with van der Waals surface area (Å²) in [5.74, 6) is 0. The molecule has 12 aromatic carbocycles. The molecule has 0 aliphatic rings. The molecule has 342 valence electrons. The van der Waals surface area contributed by atoms with Crippen LogP contribution in [0.4, 0.5) is 17.1 Å². The maximum absolute atomic E-state index is 2.43. The highest BCUT2D eigenvalue weighted by molar-refractivity contribution is 8.34. The van der Waals surface area contributed by atoms with Crippen molar-refractivity contribution >= 4 is 37.9 Å². The molecule has 1 nitrogen and oxygen atoms in total. The van der Waals surface area contributed by atoms with Crippen LogP contribution in [0.1, 0.15) is 0 Å². The predicted octanol–water partition coefficient (Wildman–Crippen LogP) is 20.0. The molecule has 2 heteroatoms. The minimum atomic E-state index is -1.90. The van der Waals surface area contributed by atoms with E-state index in [0.29, 0.717) is 0 Å². The van der Waals surface area contributed by atoms with E-state index >= 15 is 0 Å². The summed E-state index contributed by atoms with van der Waals surface area (Å²) >= 11 is 0. The average molecular weight is 938 g/mol. The van der Waals surface area contributed by atoms with Crippen molar-refractivity contribution in [3.05, 3.63) is 309 Å². The molecule has 0 heterocycles. The number of benzene rings is 12. The van der Waals surface area contributed by atoms with Crippen molar-refractivity contribution in [1.29, 1.82) is 0 Å². The van der Waals surface area contributed by atoms with Crippen molar-refractivity contribution in [2.45, 2.75) is 19.6 Å². The third-order valence-corrected chi connectivity index (χ3v) is 17.6. The van der Waals surface area contributed by atoms with Crippen LogP contribution in [0.2, 0.25) is 0 Å². The molecule has 0 aliphatic carbocycles. The number of rotatable bonds is 12. The Kier molecular flexibility index (Phi) is 12.2.